The Morgan fingerprint density at radius 2 is 1.86 bits per heavy atom. The molecule has 0 radical (unpaired) electrons. The van der Waals surface area contributed by atoms with Gasteiger partial charge in [-0.15, -0.1) is 0 Å². The maximum absolute atomic E-state index is 11.0. The molecule has 0 spiro atoms. The highest BCUT2D eigenvalue weighted by molar-refractivity contribution is 9.10. The number of unbranched alkanes of at least 4 members (excludes halogenated alkanes) is 1. The van der Waals surface area contributed by atoms with Crippen LogP contribution in [0.5, 0.6) is 5.75 Å². The normalized spacial score (nSPS) is 10.5. The third kappa shape index (κ3) is 5.00. The van der Waals surface area contributed by atoms with Gasteiger partial charge in [0, 0.05) is 15.6 Å². The van der Waals surface area contributed by atoms with Gasteiger partial charge < -0.3 is 4.74 Å². The Morgan fingerprint density at radius 3 is 2.55 bits per heavy atom. The zero-order valence-corrected chi connectivity index (χ0v) is 14.1. The molecule has 6 heteroatoms. The van der Waals surface area contributed by atoms with Gasteiger partial charge in [0.05, 0.1) is 11.5 Å². The molecule has 0 amide bonds. The first kappa shape index (κ1) is 16.8. The minimum atomic E-state index is -0.437. The summed E-state index contributed by atoms with van der Waals surface area (Å²) < 4.78 is 6.19. The number of nitrogens with zero attached hydrogens (tertiary/aromatic N) is 1. The lowest BCUT2D eigenvalue weighted by atomic mass is 10.1. The molecule has 0 aromatic heterocycles. The van der Waals surface area contributed by atoms with Crippen molar-refractivity contribution in [2.45, 2.75) is 19.3 Å². The molecule has 0 saturated heterocycles. The number of benzene rings is 2. The van der Waals surface area contributed by atoms with E-state index in [4.69, 9.17) is 16.3 Å². The lowest BCUT2D eigenvalue weighted by Crippen LogP contribution is -2.01. The Labute approximate surface area is 142 Å². The molecule has 2 aromatic rings. The number of hydrogen-bond donors (Lipinski definition) is 0. The number of ether oxygens (including phenoxy) is 1. The van der Waals surface area contributed by atoms with E-state index >= 15 is 0 Å². The molecule has 0 aliphatic carbocycles. The van der Waals surface area contributed by atoms with Crippen LogP contribution in [0.15, 0.2) is 46.9 Å². The van der Waals surface area contributed by atoms with Crippen LogP contribution in [0.25, 0.3) is 0 Å². The fourth-order valence-corrected chi connectivity index (χ4v) is 2.49. The van der Waals surface area contributed by atoms with E-state index in [1.807, 2.05) is 24.3 Å². The van der Waals surface area contributed by atoms with Crippen LogP contribution in [0.2, 0.25) is 5.02 Å². The number of halogens is 2. The number of hydrogen-bond acceptors (Lipinski definition) is 3. The number of nitro benzene ring substituents is 1. The second-order valence-corrected chi connectivity index (χ2v) is 6.15. The van der Waals surface area contributed by atoms with Gasteiger partial charge in [0.25, 0.3) is 0 Å². The highest BCUT2D eigenvalue weighted by Gasteiger charge is 2.15. The van der Waals surface area contributed by atoms with Crippen molar-refractivity contribution in [2.75, 3.05) is 6.61 Å². The quantitative estimate of drug-likeness (QED) is 0.364. The minimum Gasteiger partial charge on any atom is -0.487 e. The first-order chi connectivity index (χ1) is 10.6. The van der Waals surface area contributed by atoms with E-state index in [-0.39, 0.29) is 5.69 Å². The molecule has 0 aliphatic rings. The molecule has 0 bridgehead atoms. The predicted molar refractivity (Wildman–Crippen MR) is 90.7 cm³/mol. The van der Waals surface area contributed by atoms with E-state index in [1.165, 1.54) is 11.6 Å². The Morgan fingerprint density at radius 1 is 1.14 bits per heavy atom. The van der Waals surface area contributed by atoms with Crippen LogP contribution in [0, 0.1) is 10.1 Å². The monoisotopic (exact) mass is 383 g/mol. The van der Waals surface area contributed by atoms with Crippen molar-refractivity contribution in [1.29, 1.82) is 0 Å². The number of rotatable bonds is 7. The van der Waals surface area contributed by atoms with Gasteiger partial charge in [-0.05, 0) is 49.1 Å². The third-order valence-corrected chi connectivity index (χ3v) is 3.89. The van der Waals surface area contributed by atoms with Gasteiger partial charge >= 0.3 is 5.69 Å². The molecule has 2 aromatic carbocycles. The van der Waals surface area contributed by atoms with E-state index in [0.717, 1.165) is 24.3 Å². The van der Waals surface area contributed by atoms with Crippen LogP contribution in [0.4, 0.5) is 5.69 Å². The second kappa shape index (κ2) is 8.15. The molecule has 0 fully saturated rings. The first-order valence-corrected chi connectivity index (χ1v) is 8.04. The highest BCUT2D eigenvalue weighted by Crippen LogP contribution is 2.30. The zero-order chi connectivity index (χ0) is 15.9. The Bertz CT molecular complexity index is 646. The zero-order valence-electron chi connectivity index (χ0n) is 11.8. The molecule has 0 N–H and O–H groups in total. The molecule has 0 unspecified atom stereocenters. The molecular weight excluding hydrogens is 370 g/mol. The molecule has 0 heterocycles. The highest BCUT2D eigenvalue weighted by atomic mass is 79.9. The Kier molecular flexibility index (Phi) is 6.21. The van der Waals surface area contributed by atoms with Gasteiger partial charge in [0.2, 0.25) is 0 Å². The van der Waals surface area contributed by atoms with E-state index in [2.05, 4.69) is 15.9 Å². The van der Waals surface area contributed by atoms with E-state index in [1.54, 1.807) is 12.1 Å². The van der Waals surface area contributed by atoms with Crippen molar-refractivity contribution in [1.82, 2.24) is 0 Å². The van der Waals surface area contributed by atoms with Crippen molar-refractivity contribution in [3.63, 3.8) is 0 Å². The lowest BCUT2D eigenvalue weighted by Gasteiger charge is -2.07. The number of nitro groups is 1. The van der Waals surface area contributed by atoms with Crippen LogP contribution in [-0.4, -0.2) is 11.5 Å². The van der Waals surface area contributed by atoms with Gasteiger partial charge in [-0.2, -0.15) is 0 Å². The molecular formula is C16H15BrClNO3. The molecule has 0 aliphatic heterocycles. The van der Waals surface area contributed by atoms with E-state index in [9.17, 15) is 10.1 Å². The molecule has 4 nitrogen and oxygen atoms in total. The van der Waals surface area contributed by atoms with Crippen LogP contribution in [-0.2, 0) is 6.42 Å². The van der Waals surface area contributed by atoms with E-state index in [0.29, 0.717) is 16.8 Å². The molecule has 0 atom stereocenters. The summed E-state index contributed by atoms with van der Waals surface area (Å²) in [7, 11) is 0. The summed E-state index contributed by atoms with van der Waals surface area (Å²) in [6, 6.07) is 12.5. The fourth-order valence-electron chi connectivity index (χ4n) is 2.02. The standard InChI is InChI=1S/C16H15BrClNO3/c17-13-6-9-16(15(11-13)19(20)21)22-10-2-1-3-12-4-7-14(18)8-5-12/h4-9,11H,1-3,10H2. The maximum Gasteiger partial charge on any atom is 0.312 e. The van der Waals surface area contributed by atoms with Crippen LogP contribution in [0.1, 0.15) is 18.4 Å². The number of aryl methyl sites for hydroxylation is 1. The summed E-state index contributed by atoms with van der Waals surface area (Å²) in [6.07, 6.45) is 2.71. The second-order valence-electron chi connectivity index (χ2n) is 4.80. The van der Waals surface area contributed by atoms with Crippen molar-refractivity contribution in [2.24, 2.45) is 0 Å². The van der Waals surface area contributed by atoms with Crippen molar-refractivity contribution in [3.05, 3.63) is 67.6 Å². The summed E-state index contributed by atoms with van der Waals surface area (Å²) in [6.45, 7) is 0.454. The average molecular weight is 385 g/mol. The topological polar surface area (TPSA) is 52.4 Å². The molecule has 116 valence electrons. The fraction of sp³-hybridized carbons (Fsp3) is 0.250. The van der Waals surface area contributed by atoms with Crippen LogP contribution in [0.3, 0.4) is 0 Å². The predicted octanol–water partition coefficient (Wildman–Crippen LogP) is 5.41. The van der Waals surface area contributed by atoms with Crippen LogP contribution >= 0.6 is 27.5 Å². The van der Waals surface area contributed by atoms with Gasteiger partial charge in [-0.25, -0.2) is 0 Å². The Hall–Kier alpha value is -1.59. The first-order valence-electron chi connectivity index (χ1n) is 6.87. The van der Waals surface area contributed by atoms with E-state index < -0.39 is 4.92 Å². The summed E-state index contributed by atoms with van der Waals surface area (Å²) in [4.78, 5) is 10.5. The van der Waals surface area contributed by atoms with Crippen molar-refractivity contribution >= 4 is 33.2 Å². The lowest BCUT2D eigenvalue weighted by molar-refractivity contribution is -0.385. The van der Waals surface area contributed by atoms with Gasteiger partial charge in [0.1, 0.15) is 0 Å². The summed E-state index contributed by atoms with van der Waals surface area (Å²) in [5.41, 5.74) is 1.20. The molecule has 2 rings (SSSR count). The third-order valence-electron chi connectivity index (χ3n) is 3.15. The maximum atomic E-state index is 11.0. The minimum absolute atomic E-state index is 0.0212. The average Bonchev–Trinajstić information content (AvgIpc) is 2.50. The molecule has 22 heavy (non-hydrogen) atoms. The summed E-state index contributed by atoms with van der Waals surface area (Å²) in [5.74, 6) is 0.305. The van der Waals surface area contributed by atoms with Crippen LogP contribution < -0.4 is 4.74 Å². The largest absolute Gasteiger partial charge is 0.487 e. The van der Waals surface area contributed by atoms with Crippen molar-refractivity contribution < 1.29 is 9.66 Å². The Balaban J connectivity index is 1.79. The van der Waals surface area contributed by atoms with Crippen molar-refractivity contribution in [3.8, 4) is 5.75 Å². The van der Waals surface area contributed by atoms with Gasteiger partial charge in [0.15, 0.2) is 5.75 Å². The summed E-state index contributed by atoms with van der Waals surface area (Å²) in [5, 5.41) is 11.7. The SMILES string of the molecule is O=[N+]([O-])c1cc(Br)ccc1OCCCCc1ccc(Cl)cc1. The summed E-state index contributed by atoms with van der Waals surface area (Å²) >= 11 is 9.06. The molecule has 0 saturated carbocycles. The van der Waals surface area contributed by atoms with Gasteiger partial charge in [-0.3, -0.25) is 10.1 Å². The van der Waals surface area contributed by atoms with Gasteiger partial charge in [-0.1, -0.05) is 39.7 Å². The smallest absolute Gasteiger partial charge is 0.312 e.